The van der Waals surface area contributed by atoms with Crippen LogP contribution in [-0.2, 0) is 18.4 Å². The number of allylic oxidation sites excluding steroid dienone is 4. The summed E-state index contributed by atoms with van der Waals surface area (Å²) in [6, 6.07) is -0.763. The number of amides is 1. The molecule has 0 aromatic heterocycles. The summed E-state index contributed by atoms with van der Waals surface area (Å²) in [5, 5.41) is 14.1. The fourth-order valence-corrected chi connectivity index (χ4v) is 10.6. The predicted molar refractivity (Wildman–Crippen MR) is 318 cm³/mol. The van der Waals surface area contributed by atoms with Crippen LogP contribution in [0.1, 0.15) is 328 Å². The van der Waals surface area contributed by atoms with Crippen molar-refractivity contribution in [2.24, 2.45) is 0 Å². The Bertz CT molecular complexity index is 1240. The highest BCUT2D eigenvalue weighted by atomic mass is 31.2. The van der Waals surface area contributed by atoms with E-state index in [9.17, 15) is 19.4 Å². The molecule has 0 spiro atoms. The van der Waals surface area contributed by atoms with E-state index >= 15 is 0 Å². The Hall–Kier alpha value is -1.02. The molecule has 0 aliphatic carbocycles. The SMILES string of the molecule is CCCCC/C=C\C/C=C\CCCCCCCCCCCC(=O)NC(COP(=O)(O)OCC[N+](C)(C)C)C(O)CCCCCCCCCCCCCCCCCCCCCCCCCCCCCCCCCC. The molecule has 0 aliphatic heterocycles. The lowest BCUT2D eigenvalue weighted by molar-refractivity contribution is -0.870. The van der Waals surface area contributed by atoms with Crippen molar-refractivity contribution in [2.75, 3.05) is 40.9 Å². The van der Waals surface area contributed by atoms with Gasteiger partial charge < -0.3 is 19.8 Å². The zero-order valence-electron chi connectivity index (χ0n) is 49.7. The number of phosphoric acid groups is 1. The molecule has 3 N–H and O–H groups in total. The van der Waals surface area contributed by atoms with Crippen LogP contribution < -0.4 is 5.32 Å². The summed E-state index contributed by atoms with van der Waals surface area (Å²) in [5.41, 5.74) is 0. The lowest BCUT2D eigenvalue weighted by Gasteiger charge is -2.26. The van der Waals surface area contributed by atoms with Gasteiger partial charge in [0.15, 0.2) is 0 Å². The second kappa shape index (κ2) is 55.7. The van der Waals surface area contributed by atoms with Crippen molar-refractivity contribution in [1.29, 1.82) is 0 Å². The van der Waals surface area contributed by atoms with E-state index in [1.54, 1.807) is 0 Å². The van der Waals surface area contributed by atoms with Crippen molar-refractivity contribution < 1.29 is 32.9 Å². The minimum Gasteiger partial charge on any atom is -0.391 e. The number of nitrogens with one attached hydrogen (secondary N) is 1. The van der Waals surface area contributed by atoms with Crippen LogP contribution in [0, 0.1) is 0 Å². The Kier molecular flexibility index (Phi) is 54.9. The smallest absolute Gasteiger partial charge is 0.391 e. The Morgan fingerprint density at radius 3 is 1.15 bits per heavy atom. The van der Waals surface area contributed by atoms with Gasteiger partial charge in [-0.3, -0.25) is 13.8 Å². The number of likely N-dealkylation sites (N-methyl/N-ethyl adjacent to an activating group) is 1. The molecule has 0 fully saturated rings. The van der Waals surface area contributed by atoms with Gasteiger partial charge in [0.1, 0.15) is 13.2 Å². The minimum atomic E-state index is -4.33. The summed E-state index contributed by atoms with van der Waals surface area (Å²) < 4.78 is 23.8. The summed E-state index contributed by atoms with van der Waals surface area (Å²) in [4.78, 5) is 23.4. The molecule has 1 amide bonds. The first-order valence-corrected chi connectivity index (χ1v) is 33.7. The first kappa shape index (κ1) is 72.0. The Morgan fingerprint density at radius 1 is 0.466 bits per heavy atom. The molecule has 8 nitrogen and oxygen atoms in total. The van der Waals surface area contributed by atoms with E-state index in [4.69, 9.17) is 9.05 Å². The summed E-state index contributed by atoms with van der Waals surface area (Å²) in [6.07, 6.45) is 71.2. The fraction of sp³-hybridized carbons (Fsp3) is 0.922. The largest absolute Gasteiger partial charge is 0.472 e. The molecule has 0 radical (unpaired) electrons. The van der Waals surface area contributed by atoms with Crippen LogP contribution in [0.25, 0.3) is 0 Å². The Balaban J connectivity index is 4.01. The van der Waals surface area contributed by atoms with Crippen LogP contribution in [0.2, 0.25) is 0 Å². The minimum absolute atomic E-state index is 0.0751. The summed E-state index contributed by atoms with van der Waals surface area (Å²) in [5.74, 6) is -0.144. The molecule has 0 saturated carbocycles. The van der Waals surface area contributed by atoms with Crippen LogP contribution in [0.3, 0.4) is 0 Å². The highest BCUT2D eigenvalue weighted by Crippen LogP contribution is 2.43. The molecule has 0 saturated heterocycles. The van der Waals surface area contributed by atoms with E-state index in [-0.39, 0.29) is 19.1 Å². The maximum absolute atomic E-state index is 13.0. The van der Waals surface area contributed by atoms with Crippen molar-refractivity contribution in [1.82, 2.24) is 5.32 Å². The predicted octanol–water partition coefficient (Wildman–Crippen LogP) is 19.9. The molecule has 0 aromatic carbocycles. The first-order chi connectivity index (χ1) is 35.5. The van der Waals surface area contributed by atoms with E-state index in [0.29, 0.717) is 23.9 Å². The Labute approximate surface area is 455 Å². The van der Waals surface area contributed by atoms with Crippen molar-refractivity contribution in [2.45, 2.75) is 341 Å². The third-order valence-corrected chi connectivity index (χ3v) is 15.9. The highest BCUT2D eigenvalue weighted by Gasteiger charge is 2.28. The van der Waals surface area contributed by atoms with Gasteiger partial charge in [-0.15, -0.1) is 0 Å². The molecule has 0 rings (SSSR count). The fourth-order valence-electron chi connectivity index (χ4n) is 9.90. The molecular formula is C64H128N2O6P+. The van der Waals surface area contributed by atoms with Crippen LogP contribution in [0.4, 0.5) is 0 Å². The van der Waals surface area contributed by atoms with Gasteiger partial charge in [-0.05, 0) is 44.9 Å². The lowest BCUT2D eigenvalue weighted by Crippen LogP contribution is -2.46. The van der Waals surface area contributed by atoms with E-state index in [1.165, 1.54) is 257 Å². The van der Waals surface area contributed by atoms with Crippen LogP contribution in [0.15, 0.2) is 24.3 Å². The monoisotopic (exact) mass is 1050 g/mol. The molecule has 9 heteroatoms. The number of aliphatic hydroxyl groups excluding tert-OH is 1. The van der Waals surface area contributed by atoms with Gasteiger partial charge in [-0.1, -0.05) is 301 Å². The average molecular weight is 1050 g/mol. The van der Waals surface area contributed by atoms with Crippen molar-refractivity contribution in [3.63, 3.8) is 0 Å². The average Bonchev–Trinajstić information content (AvgIpc) is 3.35. The van der Waals surface area contributed by atoms with Crippen LogP contribution in [0.5, 0.6) is 0 Å². The number of aliphatic hydroxyl groups is 1. The number of hydrogen-bond donors (Lipinski definition) is 3. The van der Waals surface area contributed by atoms with Gasteiger partial charge in [-0.25, -0.2) is 4.57 Å². The van der Waals surface area contributed by atoms with Crippen molar-refractivity contribution >= 4 is 13.7 Å². The maximum atomic E-state index is 13.0. The number of rotatable bonds is 60. The third-order valence-electron chi connectivity index (χ3n) is 15.0. The van der Waals surface area contributed by atoms with Gasteiger partial charge in [-0.2, -0.15) is 0 Å². The number of quaternary nitrogens is 1. The van der Waals surface area contributed by atoms with E-state index in [1.807, 2.05) is 21.1 Å². The molecule has 0 bridgehead atoms. The number of carbonyl (C=O) groups is 1. The van der Waals surface area contributed by atoms with Gasteiger partial charge >= 0.3 is 7.82 Å². The quantitative estimate of drug-likeness (QED) is 0.0243. The number of hydrogen-bond acceptors (Lipinski definition) is 5. The van der Waals surface area contributed by atoms with Gasteiger partial charge in [0, 0.05) is 6.42 Å². The van der Waals surface area contributed by atoms with E-state index in [2.05, 4.69) is 43.5 Å². The van der Waals surface area contributed by atoms with Crippen LogP contribution in [-0.4, -0.2) is 73.4 Å². The van der Waals surface area contributed by atoms with Crippen molar-refractivity contribution in [3.8, 4) is 0 Å². The second-order valence-corrected chi connectivity index (χ2v) is 25.0. The molecule has 3 atom stereocenters. The molecule has 0 aliphatic rings. The number of unbranched alkanes of at least 4 members (excludes halogenated alkanes) is 43. The van der Waals surface area contributed by atoms with Crippen LogP contribution >= 0.6 is 7.82 Å². The normalized spacial score (nSPS) is 13.9. The van der Waals surface area contributed by atoms with E-state index < -0.39 is 20.0 Å². The molecular weight excluding hydrogens is 924 g/mol. The number of nitrogens with zero attached hydrogens (tertiary/aromatic N) is 1. The maximum Gasteiger partial charge on any atom is 0.472 e. The zero-order valence-corrected chi connectivity index (χ0v) is 50.5. The summed E-state index contributed by atoms with van der Waals surface area (Å²) in [7, 11) is 1.63. The second-order valence-electron chi connectivity index (χ2n) is 23.5. The summed E-state index contributed by atoms with van der Waals surface area (Å²) >= 11 is 0. The van der Waals surface area contributed by atoms with Gasteiger partial charge in [0.2, 0.25) is 5.91 Å². The highest BCUT2D eigenvalue weighted by molar-refractivity contribution is 7.47. The van der Waals surface area contributed by atoms with Gasteiger partial charge in [0.05, 0.1) is 39.9 Å². The summed E-state index contributed by atoms with van der Waals surface area (Å²) in [6.45, 7) is 4.91. The lowest BCUT2D eigenvalue weighted by atomic mass is 10.0. The molecule has 73 heavy (non-hydrogen) atoms. The Morgan fingerprint density at radius 2 is 0.781 bits per heavy atom. The molecule has 434 valence electrons. The molecule has 0 heterocycles. The van der Waals surface area contributed by atoms with Gasteiger partial charge in [0.25, 0.3) is 0 Å². The molecule has 0 aromatic rings. The van der Waals surface area contributed by atoms with Crippen molar-refractivity contribution in [3.05, 3.63) is 24.3 Å². The number of carbonyl (C=O) groups excluding carboxylic acids is 1. The van der Waals surface area contributed by atoms with E-state index in [0.717, 1.165) is 44.9 Å². The third kappa shape index (κ3) is 58.5. The topological polar surface area (TPSA) is 105 Å². The molecule has 3 unspecified atom stereocenters. The standard InChI is InChI=1S/C64H127N2O6P/c1-6-8-10-12-14-16-18-20-22-24-26-27-28-29-30-31-32-33-34-35-36-37-38-40-41-43-45-47-49-51-53-55-57-63(67)62(61-72-73(69,70)71-60-59-66(3,4)5)65-64(68)58-56-54-52-50-48-46-44-42-39-25-23-21-19-17-15-13-11-9-7-2/h15,17,21,23,62-63,67H,6-14,16,18-20,22,24-61H2,1-5H3,(H-,65,68,69,70)/p+1/b17-15-,23-21-. The first-order valence-electron chi connectivity index (χ1n) is 32.2. The zero-order chi connectivity index (χ0) is 53.5. The number of phosphoric ester groups is 1.